The van der Waals surface area contributed by atoms with Crippen LogP contribution in [0.25, 0.3) is 0 Å². The van der Waals surface area contributed by atoms with Crippen molar-refractivity contribution >= 4 is 51.3 Å². The van der Waals surface area contributed by atoms with Crippen molar-refractivity contribution in [2.45, 2.75) is 19.4 Å². The first-order valence-electron chi connectivity index (χ1n) is 7.06. The number of nitrogens with one attached hydrogen (secondary N) is 1. The lowest BCUT2D eigenvalue weighted by Gasteiger charge is -2.12. The molecule has 0 aliphatic carbocycles. The molecule has 6 nitrogen and oxygen atoms in total. The van der Waals surface area contributed by atoms with Gasteiger partial charge in [-0.2, -0.15) is 0 Å². The number of carbonyl (C=O) groups is 1. The standard InChI is InChI=1S/C14H14Cl2N4O2S/c15-10-5-9(8(7-21)6-17-10)18-13(22)11-12(16)19-14(23-11)20-3-1-2-4-20/h5-6,21H,1-4,7H2,(H,17,18,22). The molecule has 0 saturated carbocycles. The first-order chi connectivity index (χ1) is 11.1. The third-order valence-electron chi connectivity index (χ3n) is 3.53. The number of pyridine rings is 1. The van der Waals surface area contributed by atoms with Crippen molar-refractivity contribution in [1.82, 2.24) is 9.97 Å². The van der Waals surface area contributed by atoms with Crippen LogP contribution in [-0.4, -0.2) is 34.1 Å². The SMILES string of the molecule is O=C(Nc1cc(Cl)ncc1CO)c1sc(N2CCCC2)nc1Cl. The van der Waals surface area contributed by atoms with E-state index in [0.29, 0.717) is 16.1 Å². The highest BCUT2D eigenvalue weighted by Crippen LogP contribution is 2.32. The second kappa shape index (κ2) is 7.00. The van der Waals surface area contributed by atoms with Gasteiger partial charge in [-0.3, -0.25) is 4.79 Å². The maximum atomic E-state index is 12.5. The number of aliphatic hydroxyl groups excluding tert-OH is 1. The average Bonchev–Trinajstić information content (AvgIpc) is 3.16. The van der Waals surface area contributed by atoms with E-state index in [4.69, 9.17) is 23.2 Å². The molecule has 3 heterocycles. The molecule has 1 fully saturated rings. The Bertz CT molecular complexity index is 732. The van der Waals surface area contributed by atoms with Crippen molar-refractivity contribution in [3.8, 4) is 0 Å². The molecule has 122 valence electrons. The number of halogens is 2. The summed E-state index contributed by atoms with van der Waals surface area (Å²) >= 11 is 13.2. The van der Waals surface area contributed by atoms with Gasteiger partial charge in [-0.1, -0.05) is 34.5 Å². The van der Waals surface area contributed by atoms with Gasteiger partial charge in [0, 0.05) is 24.8 Å². The van der Waals surface area contributed by atoms with Gasteiger partial charge in [-0.25, -0.2) is 9.97 Å². The minimum atomic E-state index is -0.380. The molecule has 3 rings (SSSR count). The Morgan fingerprint density at radius 3 is 2.83 bits per heavy atom. The molecule has 2 N–H and O–H groups in total. The lowest BCUT2D eigenvalue weighted by Crippen LogP contribution is -2.17. The first-order valence-corrected chi connectivity index (χ1v) is 8.63. The zero-order valence-corrected chi connectivity index (χ0v) is 14.4. The Hall–Kier alpha value is -1.41. The first kappa shape index (κ1) is 16.4. The second-order valence-electron chi connectivity index (χ2n) is 5.09. The summed E-state index contributed by atoms with van der Waals surface area (Å²) in [5.74, 6) is -0.380. The van der Waals surface area contributed by atoms with Crippen molar-refractivity contribution in [2.24, 2.45) is 0 Å². The number of hydrogen-bond acceptors (Lipinski definition) is 6. The summed E-state index contributed by atoms with van der Waals surface area (Å²) in [6, 6.07) is 1.49. The van der Waals surface area contributed by atoms with Gasteiger partial charge in [-0.15, -0.1) is 0 Å². The smallest absolute Gasteiger partial charge is 0.269 e. The molecule has 1 saturated heterocycles. The van der Waals surface area contributed by atoms with Gasteiger partial charge in [0.15, 0.2) is 10.3 Å². The third kappa shape index (κ3) is 3.58. The molecule has 2 aromatic heterocycles. The quantitative estimate of drug-likeness (QED) is 0.805. The van der Waals surface area contributed by atoms with Crippen molar-refractivity contribution in [2.75, 3.05) is 23.3 Å². The lowest BCUT2D eigenvalue weighted by molar-refractivity contribution is 0.103. The number of nitrogens with zero attached hydrogens (tertiary/aromatic N) is 3. The van der Waals surface area contributed by atoms with Crippen LogP contribution in [0.1, 0.15) is 28.1 Å². The van der Waals surface area contributed by atoms with Crippen molar-refractivity contribution in [3.63, 3.8) is 0 Å². The van der Waals surface area contributed by atoms with Crippen LogP contribution in [0.15, 0.2) is 12.3 Å². The fraction of sp³-hybridized carbons (Fsp3) is 0.357. The minimum Gasteiger partial charge on any atom is -0.392 e. The van der Waals surface area contributed by atoms with E-state index in [1.807, 2.05) is 0 Å². The molecule has 0 aromatic carbocycles. The second-order valence-corrected chi connectivity index (χ2v) is 6.81. The number of aromatic nitrogens is 2. The fourth-order valence-corrected chi connectivity index (χ4v) is 3.75. The molecule has 1 amide bonds. The molecule has 0 spiro atoms. The predicted octanol–water partition coefficient (Wildman–Crippen LogP) is 3.19. The Balaban J connectivity index is 1.82. The molecule has 0 atom stereocenters. The Labute approximate surface area is 147 Å². The van der Waals surface area contributed by atoms with Crippen LogP contribution in [0.4, 0.5) is 10.8 Å². The molecular formula is C14H14Cl2N4O2S. The fourth-order valence-electron chi connectivity index (χ4n) is 2.35. The molecular weight excluding hydrogens is 359 g/mol. The predicted molar refractivity (Wildman–Crippen MR) is 91.7 cm³/mol. The Morgan fingerprint density at radius 1 is 1.39 bits per heavy atom. The highest BCUT2D eigenvalue weighted by molar-refractivity contribution is 7.18. The van der Waals surface area contributed by atoms with E-state index in [1.165, 1.54) is 23.6 Å². The van der Waals surface area contributed by atoms with Gasteiger partial charge < -0.3 is 15.3 Å². The van der Waals surface area contributed by atoms with E-state index in [1.54, 1.807) is 0 Å². The molecule has 0 radical (unpaired) electrons. The summed E-state index contributed by atoms with van der Waals surface area (Å²) in [5, 5.41) is 13.2. The number of hydrogen-bond donors (Lipinski definition) is 2. The normalized spacial score (nSPS) is 14.3. The van der Waals surface area contributed by atoms with Crippen LogP contribution in [0.5, 0.6) is 0 Å². The summed E-state index contributed by atoms with van der Waals surface area (Å²) in [7, 11) is 0. The van der Waals surface area contributed by atoms with E-state index in [0.717, 1.165) is 31.1 Å². The van der Waals surface area contributed by atoms with E-state index >= 15 is 0 Å². The largest absolute Gasteiger partial charge is 0.392 e. The van der Waals surface area contributed by atoms with Crippen LogP contribution in [-0.2, 0) is 6.61 Å². The van der Waals surface area contributed by atoms with Crippen LogP contribution >= 0.6 is 34.5 Å². The van der Waals surface area contributed by atoms with E-state index in [-0.39, 0.29) is 22.8 Å². The maximum absolute atomic E-state index is 12.5. The monoisotopic (exact) mass is 372 g/mol. The van der Waals surface area contributed by atoms with Crippen LogP contribution < -0.4 is 10.2 Å². The number of rotatable bonds is 4. The van der Waals surface area contributed by atoms with Crippen molar-refractivity contribution < 1.29 is 9.90 Å². The van der Waals surface area contributed by atoms with Gasteiger partial charge in [0.1, 0.15) is 10.0 Å². The summed E-state index contributed by atoms with van der Waals surface area (Å²) in [5.41, 5.74) is 0.882. The molecule has 9 heteroatoms. The summed E-state index contributed by atoms with van der Waals surface area (Å²) in [6.45, 7) is 1.61. The molecule has 1 aliphatic heterocycles. The van der Waals surface area contributed by atoms with Crippen molar-refractivity contribution in [1.29, 1.82) is 0 Å². The van der Waals surface area contributed by atoms with Gasteiger partial charge in [0.25, 0.3) is 5.91 Å². The van der Waals surface area contributed by atoms with Gasteiger partial charge in [0.05, 0.1) is 12.3 Å². The lowest BCUT2D eigenvalue weighted by atomic mass is 10.2. The highest BCUT2D eigenvalue weighted by atomic mass is 35.5. The van der Waals surface area contributed by atoms with Gasteiger partial charge >= 0.3 is 0 Å². The Morgan fingerprint density at radius 2 is 2.13 bits per heavy atom. The minimum absolute atomic E-state index is 0.181. The third-order valence-corrected chi connectivity index (χ3v) is 5.24. The molecule has 23 heavy (non-hydrogen) atoms. The summed E-state index contributed by atoms with van der Waals surface area (Å²) < 4.78 is 0. The molecule has 1 aliphatic rings. The molecule has 2 aromatic rings. The van der Waals surface area contributed by atoms with E-state index < -0.39 is 0 Å². The number of amides is 1. The van der Waals surface area contributed by atoms with Crippen LogP contribution in [0.2, 0.25) is 10.3 Å². The zero-order chi connectivity index (χ0) is 16.4. The van der Waals surface area contributed by atoms with Crippen LogP contribution in [0.3, 0.4) is 0 Å². The zero-order valence-electron chi connectivity index (χ0n) is 12.1. The number of anilines is 2. The molecule has 0 unspecified atom stereocenters. The van der Waals surface area contributed by atoms with Crippen molar-refractivity contribution in [3.05, 3.63) is 33.0 Å². The van der Waals surface area contributed by atoms with Gasteiger partial charge in [0.2, 0.25) is 0 Å². The maximum Gasteiger partial charge on any atom is 0.269 e. The summed E-state index contributed by atoms with van der Waals surface area (Å²) in [6.07, 6.45) is 3.66. The van der Waals surface area contributed by atoms with Crippen LogP contribution in [0, 0.1) is 0 Å². The number of aliphatic hydroxyl groups is 1. The van der Waals surface area contributed by atoms with Gasteiger partial charge in [-0.05, 0) is 18.9 Å². The highest BCUT2D eigenvalue weighted by Gasteiger charge is 2.22. The number of thiazole rings is 1. The molecule has 0 bridgehead atoms. The van der Waals surface area contributed by atoms with E-state index in [2.05, 4.69) is 20.2 Å². The van der Waals surface area contributed by atoms with E-state index in [9.17, 15) is 9.90 Å². The average molecular weight is 373 g/mol. The summed E-state index contributed by atoms with van der Waals surface area (Å²) in [4.78, 5) is 23.1. The Kier molecular flexibility index (Phi) is 5.01. The number of carbonyl (C=O) groups excluding carboxylic acids is 1. The topological polar surface area (TPSA) is 78.3 Å².